The molecule has 0 unspecified atom stereocenters. The first-order chi connectivity index (χ1) is 13.0. The van der Waals surface area contributed by atoms with Crippen molar-refractivity contribution in [2.75, 3.05) is 33.5 Å². The summed E-state index contributed by atoms with van der Waals surface area (Å²) < 4.78 is 22.0. The molecule has 1 N–H and O–H groups in total. The molecule has 6 heteroatoms. The Hall–Kier alpha value is -2.89. The summed E-state index contributed by atoms with van der Waals surface area (Å²) >= 11 is 0. The minimum atomic E-state index is -0.268. The molecule has 0 spiro atoms. The Morgan fingerprint density at radius 2 is 1.78 bits per heavy atom. The van der Waals surface area contributed by atoms with Crippen LogP contribution in [0.25, 0.3) is 0 Å². The van der Waals surface area contributed by atoms with Gasteiger partial charge in [-0.05, 0) is 29.8 Å². The molecule has 0 fully saturated rings. The van der Waals surface area contributed by atoms with Crippen molar-refractivity contribution >= 4 is 5.91 Å². The van der Waals surface area contributed by atoms with E-state index in [0.29, 0.717) is 31.3 Å². The molecule has 0 saturated carbocycles. The average Bonchev–Trinajstić information content (AvgIpc) is 2.70. The second-order valence-corrected chi connectivity index (χ2v) is 6.96. The molecule has 0 atom stereocenters. The quantitative estimate of drug-likeness (QED) is 0.811. The third-order valence-electron chi connectivity index (χ3n) is 4.48. The lowest BCUT2D eigenvalue weighted by atomic mass is 9.84. The van der Waals surface area contributed by atoms with Crippen LogP contribution in [0.3, 0.4) is 0 Å². The van der Waals surface area contributed by atoms with Gasteiger partial charge in [-0.2, -0.15) is 0 Å². The Labute approximate surface area is 159 Å². The summed E-state index contributed by atoms with van der Waals surface area (Å²) in [6, 6.07) is 13.1. The van der Waals surface area contributed by atoms with Crippen LogP contribution in [0.2, 0.25) is 0 Å². The lowest BCUT2D eigenvalue weighted by molar-refractivity contribution is -0.123. The van der Waals surface area contributed by atoms with Gasteiger partial charge in [0.2, 0.25) is 0 Å². The Kier molecular flexibility index (Phi) is 5.74. The normalized spacial score (nSPS) is 13.0. The number of amides is 1. The van der Waals surface area contributed by atoms with Gasteiger partial charge in [0.25, 0.3) is 5.91 Å². The summed E-state index contributed by atoms with van der Waals surface area (Å²) in [7, 11) is 1.57. The molecule has 1 heterocycles. The van der Waals surface area contributed by atoms with Crippen molar-refractivity contribution in [3.63, 3.8) is 0 Å². The predicted molar refractivity (Wildman–Crippen MR) is 102 cm³/mol. The first-order valence-electron chi connectivity index (χ1n) is 8.92. The summed E-state index contributed by atoms with van der Waals surface area (Å²) in [4.78, 5) is 12.2. The molecule has 144 valence electrons. The summed E-state index contributed by atoms with van der Waals surface area (Å²) in [5.74, 6) is 2.46. The fourth-order valence-corrected chi connectivity index (χ4v) is 2.82. The number of hydrogen-bond donors (Lipinski definition) is 1. The van der Waals surface area contributed by atoms with Gasteiger partial charge in [-0.25, -0.2) is 0 Å². The molecule has 0 aromatic heterocycles. The largest absolute Gasteiger partial charge is 0.493 e. The van der Waals surface area contributed by atoms with Gasteiger partial charge < -0.3 is 24.3 Å². The Morgan fingerprint density at radius 3 is 2.52 bits per heavy atom. The van der Waals surface area contributed by atoms with Crippen LogP contribution in [0, 0.1) is 0 Å². The van der Waals surface area contributed by atoms with Crippen molar-refractivity contribution in [2.45, 2.75) is 19.3 Å². The number of hydrogen-bond acceptors (Lipinski definition) is 5. The lowest BCUT2D eigenvalue weighted by Gasteiger charge is -2.27. The van der Waals surface area contributed by atoms with E-state index in [0.717, 1.165) is 17.1 Å². The third kappa shape index (κ3) is 4.64. The number of nitrogens with one attached hydrogen (secondary N) is 1. The second-order valence-electron chi connectivity index (χ2n) is 6.96. The van der Waals surface area contributed by atoms with Gasteiger partial charge in [-0.1, -0.05) is 32.0 Å². The SMILES string of the molecule is COc1ccccc1OCC(=O)NCC(C)(C)c1ccc2c(c1)OCCO2. The highest BCUT2D eigenvalue weighted by Gasteiger charge is 2.24. The van der Waals surface area contributed by atoms with E-state index in [4.69, 9.17) is 18.9 Å². The highest BCUT2D eigenvalue weighted by Crippen LogP contribution is 2.35. The van der Waals surface area contributed by atoms with Crippen molar-refractivity contribution < 1.29 is 23.7 Å². The Bertz CT molecular complexity index is 803. The maximum Gasteiger partial charge on any atom is 0.257 e. The fourth-order valence-electron chi connectivity index (χ4n) is 2.82. The van der Waals surface area contributed by atoms with Crippen LogP contribution < -0.4 is 24.3 Å². The van der Waals surface area contributed by atoms with Gasteiger partial charge in [-0.3, -0.25) is 4.79 Å². The minimum Gasteiger partial charge on any atom is -0.493 e. The molecule has 0 saturated heterocycles. The van der Waals surface area contributed by atoms with Crippen LogP contribution in [0.4, 0.5) is 0 Å². The fraction of sp³-hybridized carbons (Fsp3) is 0.381. The minimum absolute atomic E-state index is 0.0718. The van der Waals surface area contributed by atoms with Gasteiger partial charge in [0.15, 0.2) is 29.6 Å². The van der Waals surface area contributed by atoms with Crippen LogP contribution in [0.1, 0.15) is 19.4 Å². The van der Waals surface area contributed by atoms with Crippen LogP contribution in [-0.2, 0) is 10.2 Å². The number of carbonyl (C=O) groups is 1. The van der Waals surface area contributed by atoms with Crippen molar-refractivity contribution in [1.29, 1.82) is 0 Å². The number of para-hydroxylation sites is 2. The average molecular weight is 371 g/mol. The van der Waals surface area contributed by atoms with Crippen molar-refractivity contribution in [2.24, 2.45) is 0 Å². The topological polar surface area (TPSA) is 66.0 Å². The molecule has 0 aliphatic carbocycles. The maximum absolute atomic E-state index is 12.2. The summed E-state index contributed by atoms with van der Waals surface area (Å²) in [6.45, 7) is 5.66. The highest BCUT2D eigenvalue weighted by atomic mass is 16.6. The smallest absolute Gasteiger partial charge is 0.257 e. The van der Waals surface area contributed by atoms with Gasteiger partial charge in [0.1, 0.15) is 13.2 Å². The molecule has 0 radical (unpaired) electrons. The molecule has 1 aliphatic rings. The third-order valence-corrected chi connectivity index (χ3v) is 4.48. The van der Waals surface area contributed by atoms with E-state index in [9.17, 15) is 4.79 Å². The maximum atomic E-state index is 12.2. The molecule has 0 bridgehead atoms. The van der Waals surface area contributed by atoms with E-state index < -0.39 is 0 Å². The lowest BCUT2D eigenvalue weighted by Crippen LogP contribution is -2.39. The monoisotopic (exact) mass is 371 g/mol. The number of rotatable bonds is 7. The van der Waals surface area contributed by atoms with Crippen LogP contribution in [0.5, 0.6) is 23.0 Å². The first-order valence-corrected chi connectivity index (χ1v) is 8.92. The summed E-state index contributed by atoms with van der Waals surface area (Å²) in [5, 5.41) is 2.93. The standard InChI is InChI=1S/C21H25NO5/c1-21(2,15-8-9-18-19(12-15)26-11-10-25-18)14-22-20(23)13-27-17-7-5-4-6-16(17)24-3/h4-9,12H,10-11,13-14H2,1-3H3,(H,22,23). The number of fused-ring (bicyclic) bond motifs is 1. The number of methoxy groups -OCH3 is 1. The molecule has 1 amide bonds. The second kappa shape index (κ2) is 8.20. The Balaban J connectivity index is 1.56. The number of benzene rings is 2. The summed E-state index contributed by atoms with van der Waals surface area (Å²) in [5.41, 5.74) is 0.799. The first kappa shape index (κ1) is 18.9. The molecule has 2 aromatic carbocycles. The molecule has 6 nitrogen and oxygen atoms in total. The van der Waals surface area contributed by atoms with Crippen molar-refractivity contribution in [1.82, 2.24) is 5.32 Å². The van der Waals surface area contributed by atoms with Gasteiger partial charge in [0, 0.05) is 12.0 Å². The van der Waals surface area contributed by atoms with Crippen LogP contribution >= 0.6 is 0 Å². The van der Waals surface area contributed by atoms with E-state index in [1.165, 1.54) is 0 Å². The number of ether oxygens (including phenoxy) is 4. The van der Waals surface area contributed by atoms with Gasteiger partial charge >= 0.3 is 0 Å². The van der Waals surface area contributed by atoms with Crippen molar-refractivity contribution in [3.8, 4) is 23.0 Å². The molecule has 3 rings (SSSR count). The molecular weight excluding hydrogens is 346 g/mol. The molecule has 1 aliphatic heterocycles. The predicted octanol–water partition coefficient (Wildman–Crippen LogP) is 2.94. The summed E-state index contributed by atoms with van der Waals surface area (Å²) in [6.07, 6.45) is 0. The highest BCUT2D eigenvalue weighted by molar-refractivity contribution is 5.77. The van der Waals surface area contributed by atoms with Crippen molar-refractivity contribution in [3.05, 3.63) is 48.0 Å². The van der Waals surface area contributed by atoms with E-state index in [1.54, 1.807) is 19.2 Å². The van der Waals surface area contributed by atoms with E-state index in [1.807, 2.05) is 30.3 Å². The number of carbonyl (C=O) groups excluding carboxylic acids is 1. The van der Waals surface area contributed by atoms with E-state index in [-0.39, 0.29) is 17.9 Å². The molecular formula is C21H25NO5. The molecule has 2 aromatic rings. The van der Waals surface area contributed by atoms with E-state index >= 15 is 0 Å². The van der Waals surface area contributed by atoms with Gasteiger partial charge in [0.05, 0.1) is 7.11 Å². The zero-order valence-electron chi connectivity index (χ0n) is 15.9. The zero-order valence-corrected chi connectivity index (χ0v) is 15.9. The molecule has 27 heavy (non-hydrogen) atoms. The zero-order chi connectivity index (χ0) is 19.3. The Morgan fingerprint density at radius 1 is 1.07 bits per heavy atom. The van der Waals surface area contributed by atoms with Gasteiger partial charge in [-0.15, -0.1) is 0 Å². The van der Waals surface area contributed by atoms with E-state index in [2.05, 4.69) is 19.2 Å². The van der Waals surface area contributed by atoms with Crippen LogP contribution in [0.15, 0.2) is 42.5 Å². The van der Waals surface area contributed by atoms with Crippen LogP contribution in [-0.4, -0.2) is 39.4 Å².